The van der Waals surface area contributed by atoms with Crippen molar-refractivity contribution in [3.8, 4) is 0 Å². The maximum absolute atomic E-state index is 12.3. The fourth-order valence-electron chi connectivity index (χ4n) is 2.50. The molecule has 0 radical (unpaired) electrons. The Balaban J connectivity index is 2.28. The zero-order valence-corrected chi connectivity index (χ0v) is 16.6. The number of hydrogen-bond donors (Lipinski definition) is 1. The molecule has 2 rings (SSSR count). The van der Waals surface area contributed by atoms with Crippen LogP contribution in [0.15, 0.2) is 12.3 Å². The van der Waals surface area contributed by atoms with Gasteiger partial charge in [0, 0.05) is 23.9 Å². The Labute approximate surface area is 160 Å². The van der Waals surface area contributed by atoms with Gasteiger partial charge in [0.25, 0.3) is 0 Å². The number of ether oxygens (including phenoxy) is 2. The largest absolute Gasteiger partial charge is 0.465 e. The number of esters is 2. The van der Waals surface area contributed by atoms with Crippen molar-refractivity contribution in [3.05, 3.63) is 39.5 Å². The average Bonchev–Trinajstić information content (AvgIpc) is 3.18. The lowest BCUT2D eigenvalue weighted by Crippen LogP contribution is -2.11. The average molecular weight is 391 g/mol. The van der Waals surface area contributed by atoms with Gasteiger partial charge in [-0.25, -0.2) is 9.59 Å². The molecular formula is C18H21N3O5S. The second-order valence-electron chi connectivity index (χ2n) is 5.57. The van der Waals surface area contributed by atoms with E-state index in [0.717, 1.165) is 29.1 Å². The lowest BCUT2D eigenvalue weighted by molar-refractivity contribution is -0.111. The fourth-order valence-corrected chi connectivity index (χ4v) is 3.62. The van der Waals surface area contributed by atoms with Crippen LogP contribution in [0.25, 0.3) is 6.08 Å². The van der Waals surface area contributed by atoms with Crippen molar-refractivity contribution in [3.63, 3.8) is 0 Å². The number of nitrogens with one attached hydrogen (secondary N) is 1. The van der Waals surface area contributed by atoms with Gasteiger partial charge in [0.1, 0.15) is 9.88 Å². The first kappa shape index (κ1) is 20.4. The molecule has 2 aromatic heterocycles. The first-order valence-corrected chi connectivity index (χ1v) is 8.97. The standard InChI is InChI=1S/C18H21N3O5S/c1-6-21-11(3)12(9-19-21)7-8-13(22)20-16-14(17(23)25-4)10(2)15(27-16)18(24)26-5/h7-9H,6H2,1-5H3,(H,20,22)/b8-7+. The zero-order chi connectivity index (χ0) is 20.1. The second-order valence-corrected chi connectivity index (χ2v) is 6.59. The normalized spacial score (nSPS) is 10.9. The molecule has 1 amide bonds. The summed E-state index contributed by atoms with van der Waals surface area (Å²) in [7, 11) is 2.48. The molecule has 2 aromatic rings. The SMILES string of the molecule is CCn1ncc(/C=C/C(=O)Nc2sc(C(=O)OC)c(C)c2C(=O)OC)c1C. The molecule has 0 atom stereocenters. The number of thiophene rings is 1. The first-order valence-electron chi connectivity index (χ1n) is 8.15. The van der Waals surface area contributed by atoms with Crippen molar-refractivity contribution in [2.75, 3.05) is 19.5 Å². The van der Waals surface area contributed by atoms with Gasteiger partial charge in [-0.2, -0.15) is 5.10 Å². The lowest BCUT2D eigenvalue weighted by atomic mass is 10.1. The van der Waals surface area contributed by atoms with Crippen LogP contribution in [-0.2, 0) is 20.8 Å². The second kappa shape index (κ2) is 8.63. The summed E-state index contributed by atoms with van der Waals surface area (Å²) in [6, 6.07) is 0. The van der Waals surface area contributed by atoms with Crippen LogP contribution >= 0.6 is 11.3 Å². The Morgan fingerprint density at radius 3 is 2.44 bits per heavy atom. The summed E-state index contributed by atoms with van der Waals surface area (Å²) in [5, 5.41) is 7.08. The number of nitrogens with zero attached hydrogens (tertiary/aromatic N) is 2. The van der Waals surface area contributed by atoms with Crippen LogP contribution in [0.1, 0.15) is 43.8 Å². The number of methoxy groups -OCH3 is 2. The third-order valence-electron chi connectivity index (χ3n) is 4.00. The predicted molar refractivity (Wildman–Crippen MR) is 102 cm³/mol. The van der Waals surface area contributed by atoms with Crippen molar-refractivity contribution in [1.82, 2.24) is 9.78 Å². The minimum atomic E-state index is -0.641. The van der Waals surface area contributed by atoms with Gasteiger partial charge in [-0.1, -0.05) is 0 Å². The van der Waals surface area contributed by atoms with Crippen LogP contribution in [0.3, 0.4) is 0 Å². The minimum Gasteiger partial charge on any atom is -0.465 e. The maximum atomic E-state index is 12.3. The summed E-state index contributed by atoms with van der Waals surface area (Å²) in [5.41, 5.74) is 2.30. The highest BCUT2D eigenvalue weighted by molar-refractivity contribution is 7.18. The molecule has 8 nitrogen and oxygen atoms in total. The molecule has 0 saturated heterocycles. The van der Waals surface area contributed by atoms with E-state index in [4.69, 9.17) is 9.47 Å². The van der Waals surface area contributed by atoms with Gasteiger partial charge < -0.3 is 14.8 Å². The van der Waals surface area contributed by atoms with Crippen LogP contribution < -0.4 is 5.32 Å². The molecule has 1 N–H and O–H groups in total. The van der Waals surface area contributed by atoms with E-state index in [1.807, 2.05) is 18.5 Å². The highest BCUT2D eigenvalue weighted by Crippen LogP contribution is 2.34. The molecule has 0 aliphatic rings. The molecule has 2 heterocycles. The van der Waals surface area contributed by atoms with Crippen molar-refractivity contribution >= 4 is 40.3 Å². The van der Waals surface area contributed by atoms with Gasteiger partial charge in [-0.3, -0.25) is 9.48 Å². The Bertz CT molecular complexity index is 910. The molecule has 0 unspecified atom stereocenters. The molecule has 9 heteroatoms. The number of aryl methyl sites for hydroxylation is 1. The monoisotopic (exact) mass is 391 g/mol. The number of rotatable bonds is 6. The van der Waals surface area contributed by atoms with E-state index >= 15 is 0 Å². The predicted octanol–water partition coefficient (Wildman–Crippen LogP) is 2.81. The summed E-state index contributed by atoms with van der Waals surface area (Å²) in [5.74, 6) is -1.67. The summed E-state index contributed by atoms with van der Waals surface area (Å²) < 4.78 is 11.3. The van der Waals surface area contributed by atoms with E-state index in [9.17, 15) is 14.4 Å². The number of carbonyl (C=O) groups excluding carboxylic acids is 3. The van der Waals surface area contributed by atoms with Crippen molar-refractivity contribution < 1.29 is 23.9 Å². The Hall–Kier alpha value is -2.94. The highest BCUT2D eigenvalue weighted by atomic mass is 32.1. The quantitative estimate of drug-likeness (QED) is 0.600. The van der Waals surface area contributed by atoms with Crippen LogP contribution in [-0.4, -0.2) is 41.8 Å². The van der Waals surface area contributed by atoms with Crippen LogP contribution in [0, 0.1) is 13.8 Å². The third kappa shape index (κ3) is 4.25. The topological polar surface area (TPSA) is 99.5 Å². The molecule has 0 spiro atoms. The van der Waals surface area contributed by atoms with E-state index in [-0.39, 0.29) is 15.4 Å². The van der Waals surface area contributed by atoms with Crippen molar-refractivity contribution in [2.45, 2.75) is 27.3 Å². The van der Waals surface area contributed by atoms with E-state index in [2.05, 4.69) is 10.4 Å². The van der Waals surface area contributed by atoms with Crippen molar-refractivity contribution in [2.24, 2.45) is 0 Å². The number of aromatic nitrogens is 2. The van der Waals surface area contributed by atoms with E-state index in [1.165, 1.54) is 20.3 Å². The van der Waals surface area contributed by atoms with Crippen LogP contribution in [0.5, 0.6) is 0 Å². The maximum Gasteiger partial charge on any atom is 0.348 e. The summed E-state index contributed by atoms with van der Waals surface area (Å²) in [4.78, 5) is 36.5. The lowest BCUT2D eigenvalue weighted by Gasteiger charge is -2.04. The number of anilines is 1. The first-order chi connectivity index (χ1) is 12.8. The summed E-state index contributed by atoms with van der Waals surface area (Å²) in [6.07, 6.45) is 4.66. The molecule has 0 fully saturated rings. The van der Waals surface area contributed by atoms with Crippen LogP contribution in [0.4, 0.5) is 5.00 Å². The third-order valence-corrected chi connectivity index (χ3v) is 5.19. The fraction of sp³-hybridized carbons (Fsp3) is 0.333. The van der Waals surface area contributed by atoms with E-state index in [1.54, 1.807) is 19.2 Å². The van der Waals surface area contributed by atoms with E-state index in [0.29, 0.717) is 5.56 Å². The minimum absolute atomic E-state index is 0.139. The molecule has 0 aliphatic heterocycles. The zero-order valence-electron chi connectivity index (χ0n) is 15.8. The van der Waals surface area contributed by atoms with Crippen LogP contribution in [0.2, 0.25) is 0 Å². The molecule has 0 bridgehead atoms. The van der Waals surface area contributed by atoms with Gasteiger partial charge in [-0.05, 0) is 32.4 Å². The number of amides is 1. The van der Waals surface area contributed by atoms with Gasteiger partial charge in [-0.15, -0.1) is 11.3 Å². The van der Waals surface area contributed by atoms with E-state index < -0.39 is 17.8 Å². The molecule has 0 saturated carbocycles. The Morgan fingerprint density at radius 2 is 1.89 bits per heavy atom. The highest BCUT2D eigenvalue weighted by Gasteiger charge is 2.26. The van der Waals surface area contributed by atoms with Gasteiger partial charge in [0.2, 0.25) is 5.91 Å². The molecular weight excluding hydrogens is 370 g/mol. The number of carbonyl (C=O) groups is 3. The summed E-state index contributed by atoms with van der Waals surface area (Å²) in [6.45, 7) is 6.23. The Kier molecular flexibility index (Phi) is 6.51. The van der Waals surface area contributed by atoms with Crippen molar-refractivity contribution in [1.29, 1.82) is 0 Å². The molecule has 0 aliphatic carbocycles. The number of hydrogen-bond acceptors (Lipinski definition) is 7. The van der Waals surface area contributed by atoms with Gasteiger partial charge in [0.15, 0.2) is 0 Å². The Morgan fingerprint density at radius 1 is 1.22 bits per heavy atom. The van der Waals surface area contributed by atoms with Gasteiger partial charge in [0.05, 0.1) is 26.0 Å². The smallest absolute Gasteiger partial charge is 0.348 e. The molecule has 27 heavy (non-hydrogen) atoms. The van der Waals surface area contributed by atoms with Gasteiger partial charge >= 0.3 is 11.9 Å². The molecule has 144 valence electrons. The summed E-state index contributed by atoms with van der Waals surface area (Å²) >= 11 is 0.966. The molecule has 0 aromatic carbocycles.